The number of fused-ring (bicyclic) bond motifs is 2. The molecule has 2 rings (SSSR count). The van der Waals surface area contributed by atoms with Crippen molar-refractivity contribution in [3.05, 3.63) is 12.2 Å². The van der Waals surface area contributed by atoms with E-state index in [1.807, 2.05) is 13.8 Å². The summed E-state index contributed by atoms with van der Waals surface area (Å²) in [4.78, 5) is 25.6. The van der Waals surface area contributed by atoms with Gasteiger partial charge in [-0.3, -0.25) is 9.59 Å². The Labute approximate surface area is 139 Å². The molecule has 2 aliphatic carbocycles. The highest BCUT2D eigenvalue weighted by Gasteiger charge is 2.69. The standard InChI is InChI=1S/C19H30O4/c1-5-7-11-22-16(20)18(3)14-9-10-15(13-14)19(18,4)17(21)23-12-8-6-2/h9-10,14-15H,5-8,11-13H2,1-4H3. The zero-order chi connectivity index (χ0) is 17.1. The highest BCUT2D eigenvalue weighted by Crippen LogP contribution is 2.64. The van der Waals surface area contributed by atoms with Crippen LogP contribution in [0.4, 0.5) is 0 Å². The molecule has 4 heteroatoms. The van der Waals surface area contributed by atoms with Crippen LogP contribution < -0.4 is 0 Å². The number of hydrogen-bond donors (Lipinski definition) is 0. The molecule has 4 unspecified atom stereocenters. The molecule has 4 atom stereocenters. The highest BCUT2D eigenvalue weighted by molar-refractivity contribution is 5.90. The second kappa shape index (κ2) is 7.06. The molecule has 0 N–H and O–H groups in total. The van der Waals surface area contributed by atoms with Crippen molar-refractivity contribution < 1.29 is 19.1 Å². The van der Waals surface area contributed by atoms with Crippen LogP contribution in [0.2, 0.25) is 0 Å². The second-order valence-electron chi connectivity index (χ2n) is 7.22. The second-order valence-corrected chi connectivity index (χ2v) is 7.22. The molecule has 130 valence electrons. The van der Waals surface area contributed by atoms with Crippen molar-refractivity contribution in [1.82, 2.24) is 0 Å². The number of ether oxygens (including phenoxy) is 2. The number of carbonyl (C=O) groups is 2. The van der Waals surface area contributed by atoms with Crippen LogP contribution in [0.25, 0.3) is 0 Å². The summed E-state index contributed by atoms with van der Waals surface area (Å²) in [6, 6.07) is 0. The molecule has 0 aromatic carbocycles. The van der Waals surface area contributed by atoms with Gasteiger partial charge < -0.3 is 9.47 Å². The van der Waals surface area contributed by atoms with E-state index in [0.717, 1.165) is 32.1 Å². The Morgan fingerprint density at radius 2 is 1.30 bits per heavy atom. The van der Waals surface area contributed by atoms with Crippen LogP contribution in [0.1, 0.15) is 59.8 Å². The maximum Gasteiger partial charge on any atom is 0.313 e. The largest absolute Gasteiger partial charge is 0.465 e. The Balaban J connectivity index is 2.19. The van der Waals surface area contributed by atoms with Crippen molar-refractivity contribution in [3.8, 4) is 0 Å². The van der Waals surface area contributed by atoms with Crippen LogP contribution in [-0.4, -0.2) is 25.2 Å². The van der Waals surface area contributed by atoms with Gasteiger partial charge in [-0.05, 0) is 44.9 Å². The molecule has 0 aromatic heterocycles. The molecule has 0 aliphatic heterocycles. The van der Waals surface area contributed by atoms with E-state index in [1.165, 1.54) is 0 Å². The summed E-state index contributed by atoms with van der Waals surface area (Å²) in [5.41, 5.74) is -1.66. The molecule has 0 spiro atoms. The molecule has 0 amide bonds. The summed E-state index contributed by atoms with van der Waals surface area (Å²) in [5, 5.41) is 0. The summed E-state index contributed by atoms with van der Waals surface area (Å²) < 4.78 is 11.0. The summed E-state index contributed by atoms with van der Waals surface area (Å²) >= 11 is 0. The average molecular weight is 322 g/mol. The summed E-state index contributed by atoms with van der Waals surface area (Å²) in [6.45, 7) is 8.74. The third kappa shape index (κ3) is 2.81. The van der Waals surface area contributed by atoms with E-state index < -0.39 is 10.8 Å². The normalized spacial score (nSPS) is 34.6. The first-order valence-corrected chi connectivity index (χ1v) is 8.95. The number of rotatable bonds is 8. The topological polar surface area (TPSA) is 52.6 Å². The molecule has 1 saturated carbocycles. The quantitative estimate of drug-likeness (QED) is 0.386. The van der Waals surface area contributed by atoms with Crippen LogP contribution in [0, 0.1) is 22.7 Å². The van der Waals surface area contributed by atoms with E-state index >= 15 is 0 Å². The Hall–Kier alpha value is -1.32. The number of hydrogen-bond acceptors (Lipinski definition) is 4. The van der Waals surface area contributed by atoms with Gasteiger partial charge in [0.05, 0.1) is 24.0 Å². The minimum atomic E-state index is -0.830. The summed E-state index contributed by atoms with van der Waals surface area (Å²) in [5.74, 6) is -0.383. The maximum atomic E-state index is 12.8. The van der Waals surface area contributed by atoms with Gasteiger partial charge in [0.15, 0.2) is 0 Å². The third-order valence-electron chi connectivity index (χ3n) is 5.96. The molecular weight excluding hydrogens is 292 g/mol. The fraction of sp³-hybridized carbons (Fsp3) is 0.789. The van der Waals surface area contributed by atoms with Gasteiger partial charge in [0.1, 0.15) is 0 Å². The smallest absolute Gasteiger partial charge is 0.313 e. The Kier molecular flexibility index (Phi) is 5.53. The third-order valence-corrected chi connectivity index (χ3v) is 5.96. The van der Waals surface area contributed by atoms with Gasteiger partial charge >= 0.3 is 11.9 Å². The Bertz CT molecular complexity index is 442. The molecule has 1 fully saturated rings. The van der Waals surface area contributed by atoms with Gasteiger partial charge in [-0.15, -0.1) is 0 Å². The predicted octanol–water partition coefficient (Wildman–Crippen LogP) is 3.89. The van der Waals surface area contributed by atoms with E-state index in [1.54, 1.807) is 0 Å². The lowest BCUT2D eigenvalue weighted by molar-refractivity contribution is -0.180. The maximum absolute atomic E-state index is 12.8. The molecule has 2 aliphatic rings. The van der Waals surface area contributed by atoms with Gasteiger partial charge in [0.2, 0.25) is 0 Å². The molecule has 4 nitrogen and oxygen atoms in total. The molecule has 23 heavy (non-hydrogen) atoms. The van der Waals surface area contributed by atoms with Crippen molar-refractivity contribution in [2.75, 3.05) is 13.2 Å². The lowest BCUT2D eigenvalue weighted by atomic mass is 9.59. The fourth-order valence-electron chi connectivity index (χ4n) is 3.97. The van der Waals surface area contributed by atoms with Crippen molar-refractivity contribution in [2.45, 2.75) is 59.8 Å². The van der Waals surface area contributed by atoms with Gasteiger partial charge in [-0.2, -0.15) is 0 Å². The van der Waals surface area contributed by atoms with Crippen molar-refractivity contribution in [1.29, 1.82) is 0 Å². The first kappa shape index (κ1) is 18.0. The lowest BCUT2D eigenvalue weighted by Gasteiger charge is -2.43. The highest BCUT2D eigenvalue weighted by atomic mass is 16.5. The van der Waals surface area contributed by atoms with Crippen molar-refractivity contribution in [2.24, 2.45) is 22.7 Å². The molecular formula is C19H30O4. The zero-order valence-electron chi connectivity index (χ0n) is 14.9. The SMILES string of the molecule is CCCCOC(=O)C1(C)C2C=CC(C2)C1(C)C(=O)OCCCC. The van der Waals surface area contributed by atoms with Crippen LogP contribution in [0.3, 0.4) is 0 Å². The predicted molar refractivity (Wildman–Crippen MR) is 88.7 cm³/mol. The van der Waals surface area contributed by atoms with E-state index in [4.69, 9.17) is 9.47 Å². The number of esters is 2. The van der Waals surface area contributed by atoms with Crippen LogP contribution >= 0.6 is 0 Å². The fourth-order valence-corrected chi connectivity index (χ4v) is 3.97. The van der Waals surface area contributed by atoms with E-state index in [0.29, 0.717) is 13.2 Å². The van der Waals surface area contributed by atoms with Crippen LogP contribution in [0.15, 0.2) is 12.2 Å². The van der Waals surface area contributed by atoms with Gasteiger partial charge in [-0.1, -0.05) is 38.8 Å². The van der Waals surface area contributed by atoms with Crippen LogP contribution in [0.5, 0.6) is 0 Å². The first-order valence-electron chi connectivity index (χ1n) is 8.95. The van der Waals surface area contributed by atoms with Crippen LogP contribution in [-0.2, 0) is 19.1 Å². The van der Waals surface area contributed by atoms with Crippen molar-refractivity contribution in [3.63, 3.8) is 0 Å². The summed E-state index contributed by atoms with van der Waals surface area (Å²) in [7, 11) is 0. The molecule has 2 bridgehead atoms. The van der Waals surface area contributed by atoms with E-state index in [-0.39, 0.29) is 23.8 Å². The van der Waals surface area contributed by atoms with Gasteiger partial charge in [0.25, 0.3) is 0 Å². The number of allylic oxidation sites excluding steroid dienone is 2. The Morgan fingerprint density at radius 3 is 1.65 bits per heavy atom. The molecule has 0 saturated heterocycles. The van der Waals surface area contributed by atoms with Gasteiger partial charge in [-0.25, -0.2) is 0 Å². The average Bonchev–Trinajstić information content (AvgIpc) is 3.10. The number of carbonyl (C=O) groups excluding carboxylic acids is 2. The first-order chi connectivity index (χ1) is 10.9. The summed E-state index contributed by atoms with van der Waals surface area (Å²) in [6.07, 6.45) is 8.64. The van der Waals surface area contributed by atoms with E-state index in [2.05, 4.69) is 26.0 Å². The minimum absolute atomic E-state index is 0.0605. The van der Waals surface area contributed by atoms with Crippen molar-refractivity contribution >= 4 is 11.9 Å². The molecule has 0 radical (unpaired) electrons. The molecule has 0 aromatic rings. The zero-order valence-corrected chi connectivity index (χ0v) is 14.9. The Morgan fingerprint density at radius 1 is 0.913 bits per heavy atom. The van der Waals surface area contributed by atoms with E-state index in [9.17, 15) is 9.59 Å². The number of unbranched alkanes of at least 4 members (excludes halogenated alkanes) is 2. The molecule has 0 heterocycles. The monoisotopic (exact) mass is 322 g/mol. The minimum Gasteiger partial charge on any atom is -0.465 e. The lowest BCUT2D eigenvalue weighted by Crippen LogP contribution is -2.53. The van der Waals surface area contributed by atoms with Gasteiger partial charge in [0, 0.05) is 0 Å².